The van der Waals surface area contributed by atoms with E-state index in [2.05, 4.69) is 37.6 Å². The summed E-state index contributed by atoms with van der Waals surface area (Å²) in [4.78, 5) is 23.5. The third-order valence-corrected chi connectivity index (χ3v) is 6.38. The molecule has 1 fully saturated rings. The van der Waals surface area contributed by atoms with Gasteiger partial charge in [0.15, 0.2) is 11.5 Å². The molecular formula is C24H28N4O3S. The van der Waals surface area contributed by atoms with Gasteiger partial charge in [-0.1, -0.05) is 6.07 Å². The summed E-state index contributed by atoms with van der Waals surface area (Å²) in [6, 6.07) is 13.3. The molecule has 0 spiro atoms. The van der Waals surface area contributed by atoms with Crippen LogP contribution in [0, 0.1) is 0 Å². The number of ether oxygens (including phenoxy) is 2. The summed E-state index contributed by atoms with van der Waals surface area (Å²) in [5.41, 5.74) is 1.15. The Morgan fingerprint density at radius 3 is 2.66 bits per heavy atom. The lowest BCUT2D eigenvalue weighted by Crippen LogP contribution is -2.30. The van der Waals surface area contributed by atoms with Crippen LogP contribution in [-0.4, -0.2) is 56.2 Å². The lowest BCUT2D eigenvalue weighted by Gasteiger charge is -2.22. The van der Waals surface area contributed by atoms with Crippen LogP contribution >= 0.6 is 11.3 Å². The second-order valence-electron chi connectivity index (χ2n) is 7.63. The van der Waals surface area contributed by atoms with E-state index < -0.39 is 0 Å². The summed E-state index contributed by atoms with van der Waals surface area (Å²) in [5.74, 6) is 1.82. The fraction of sp³-hybridized carbons (Fsp3) is 0.333. The quantitative estimate of drug-likeness (QED) is 0.582. The Bertz CT molecular complexity index is 1020. The Kier molecular flexibility index (Phi) is 7.24. The number of thiophene rings is 1. The summed E-state index contributed by atoms with van der Waals surface area (Å²) in [5, 5.41) is 5.03. The molecule has 2 aromatic heterocycles. The van der Waals surface area contributed by atoms with Crippen molar-refractivity contribution in [2.45, 2.75) is 13.0 Å². The minimum atomic E-state index is -0.223. The molecule has 1 N–H and O–H groups in total. The Balaban J connectivity index is 1.35. The normalized spacial score (nSPS) is 14.6. The van der Waals surface area contributed by atoms with Gasteiger partial charge in [-0.15, -0.1) is 11.3 Å². The average molecular weight is 453 g/mol. The first-order chi connectivity index (χ1) is 15.7. The number of nitrogens with one attached hydrogen (secondary N) is 1. The maximum absolute atomic E-state index is 12.6. The number of hydrogen-bond acceptors (Lipinski definition) is 7. The van der Waals surface area contributed by atoms with E-state index in [1.807, 2.05) is 23.5 Å². The zero-order valence-corrected chi connectivity index (χ0v) is 19.2. The highest BCUT2D eigenvalue weighted by Gasteiger charge is 2.17. The van der Waals surface area contributed by atoms with Crippen LogP contribution in [0.15, 0.2) is 54.0 Å². The minimum Gasteiger partial charge on any atom is -0.493 e. The van der Waals surface area contributed by atoms with Gasteiger partial charge in [0.25, 0.3) is 5.91 Å². The Hall–Kier alpha value is -3.10. The van der Waals surface area contributed by atoms with Gasteiger partial charge in [0, 0.05) is 43.2 Å². The molecule has 3 aromatic rings. The second kappa shape index (κ2) is 10.5. The second-order valence-corrected chi connectivity index (χ2v) is 8.66. The Morgan fingerprint density at radius 2 is 1.94 bits per heavy atom. The third-order valence-electron chi connectivity index (χ3n) is 5.52. The molecule has 0 unspecified atom stereocenters. The van der Waals surface area contributed by atoms with Crippen molar-refractivity contribution in [3.8, 4) is 11.5 Å². The highest BCUT2D eigenvalue weighted by atomic mass is 32.1. The molecule has 0 saturated carbocycles. The van der Waals surface area contributed by atoms with Crippen LogP contribution in [0.1, 0.15) is 21.7 Å². The number of benzene rings is 1. The number of amides is 1. The largest absolute Gasteiger partial charge is 0.493 e. The van der Waals surface area contributed by atoms with Crippen LogP contribution in [0.4, 0.5) is 11.5 Å². The lowest BCUT2D eigenvalue weighted by atomic mass is 10.2. The first-order valence-electron chi connectivity index (χ1n) is 10.7. The molecule has 1 aromatic carbocycles. The van der Waals surface area contributed by atoms with E-state index in [1.165, 1.54) is 4.88 Å². The highest BCUT2D eigenvalue weighted by molar-refractivity contribution is 7.09. The SMILES string of the molecule is COc1ccc(C(=O)Nc2ccc(N3CCCN(Cc4cccs4)CC3)nc2)cc1OC. The summed E-state index contributed by atoms with van der Waals surface area (Å²) in [6.45, 7) is 5.03. The number of aromatic nitrogens is 1. The highest BCUT2D eigenvalue weighted by Crippen LogP contribution is 2.28. The first-order valence-corrected chi connectivity index (χ1v) is 11.5. The van der Waals surface area contributed by atoms with Gasteiger partial charge in [-0.2, -0.15) is 0 Å². The van der Waals surface area contributed by atoms with Crippen molar-refractivity contribution in [3.63, 3.8) is 0 Å². The van der Waals surface area contributed by atoms with Gasteiger partial charge < -0.3 is 19.7 Å². The van der Waals surface area contributed by atoms with Gasteiger partial charge in [-0.3, -0.25) is 9.69 Å². The number of hydrogen-bond donors (Lipinski definition) is 1. The van der Waals surface area contributed by atoms with Gasteiger partial charge in [0.2, 0.25) is 0 Å². The number of methoxy groups -OCH3 is 2. The summed E-state index contributed by atoms with van der Waals surface area (Å²) >= 11 is 1.81. The summed E-state index contributed by atoms with van der Waals surface area (Å²) in [6.07, 6.45) is 2.81. The van der Waals surface area contributed by atoms with E-state index in [1.54, 1.807) is 38.6 Å². The van der Waals surface area contributed by atoms with Crippen molar-refractivity contribution in [2.24, 2.45) is 0 Å². The zero-order chi connectivity index (χ0) is 22.3. The van der Waals surface area contributed by atoms with E-state index >= 15 is 0 Å². The van der Waals surface area contributed by atoms with Crippen LogP contribution in [0.3, 0.4) is 0 Å². The number of pyridine rings is 1. The maximum atomic E-state index is 12.6. The molecule has 168 valence electrons. The van der Waals surface area contributed by atoms with E-state index in [0.717, 1.165) is 45.0 Å². The lowest BCUT2D eigenvalue weighted by molar-refractivity contribution is 0.102. The van der Waals surface area contributed by atoms with Gasteiger partial charge in [-0.05, 0) is 48.2 Å². The van der Waals surface area contributed by atoms with E-state index in [9.17, 15) is 4.79 Å². The molecule has 32 heavy (non-hydrogen) atoms. The van der Waals surface area contributed by atoms with Crippen molar-refractivity contribution in [3.05, 3.63) is 64.5 Å². The van der Waals surface area contributed by atoms with Crippen LogP contribution in [0.2, 0.25) is 0 Å². The van der Waals surface area contributed by atoms with E-state index in [-0.39, 0.29) is 5.91 Å². The molecule has 0 aliphatic carbocycles. The van der Waals surface area contributed by atoms with Gasteiger partial charge >= 0.3 is 0 Å². The van der Waals surface area contributed by atoms with Crippen molar-refractivity contribution < 1.29 is 14.3 Å². The number of carbonyl (C=O) groups is 1. The molecule has 7 nitrogen and oxygen atoms in total. The van der Waals surface area contributed by atoms with Gasteiger partial charge in [0.05, 0.1) is 26.1 Å². The van der Waals surface area contributed by atoms with Crippen molar-refractivity contribution >= 4 is 28.7 Å². The number of nitrogens with zero attached hydrogens (tertiary/aromatic N) is 3. The van der Waals surface area contributed by atoms with E-state index in [0.29, 0.717) is 22.7 Å². The Morgan fingerprint density at radius 1 is 1.06 bits per heavy atom. The van der Waals surface area contributed by atoms with Crippen molar-refractivity contribution in [2.75, 3.05) is 50.6 Å². The topological polar surface area (TPSA) is 66.9 Å². The molecule has 3 heterocycles. The van der Waals surface area contributed by atoms with Gasteiger partial charge in [-0.25, -0.2) is 4.98 Å². The monoisotopic (exact) mass is 452 g/mol. The predicted octanol–water partition coefficient (Wildman–Crippen LogP) is 4.12. The van der Waals surface area contributed by atoms with Gasteiger partial charge in [0.1, 0.15) is 5.82 Å². The molecule has 0 atom stereocenters. The summed E-state index contributed by atoms with van der Waals surface area (Å²) in [7, 11) is 3.11. The summed E-state index contributed by atoms with van der Waals surface area (Å²) < 4.78 is 10.5. The number of anilines is 2. The smallest absolute Gasteiger partial charge is 0.255 e. The molecule has 1 aliphatic rings. The third kappa shape index (κ3) is 5.38. The molecule has 0 bridgehead atoms. The Labute approximate surface area is 192 Å². The van der Waals surface area contributed by atoms with Crippen LogP contribution < -0.4 is 19.7 Å². The zero-order valence-electron chi connectivity index (χ0n) is 18.4. The van der Waals surface area contributed by atoms with Crippen LogP contribution in [-0.2, 0) is 6.54 Å². The molecule has 1 saturated heterocycles. The van der Waals surface area contributed by atoms with Crippen molar-refractivity contribution in [1.82, 2.24) is 9.88 Å². The van der Waals surface area contributed by atoms with Crippen LogP contribution in [0.5, 0.6) is 11.5 Å². The average Bonchev–Trinajstić information content (AvgIpc) is 3.23. The fourth-order valence-corrected chi connectivity index (χ4v) is 4.56. The standard InChI is InChI=1S/C24H28N4O3S/c1-30-21-8-6-18(15-22(21)31-2)24(29)26-19-7-9-23(25-16-19)28-11-4-10-27(12-13-28)17-20-5-3-14-32-20/h3,5-9,14-16H,4,10-13,17H2,1-2H3,(H,26,29). The predicted molar refractivity (Wildman–Crippen MR) is 128 cm³/mol. The minimum absolute atomic E-state index is 0.223. The molecular weight excluding hydrogens is 424 g/mol. The molecule has 4 rings (SSSR count). The van der Waals surface area contributed by atoms with E-state index in [4.69, 9.17) is 9.47 Å². The molecule has 8 heteroatoms. The molecule has 0 radical (unpaired) electrons. The maximum Gasteiger partial charge on any atom is 0.255 e. The fourth-order valence-electron chi connectivity index (χ4n) is 3.81. The number of rotatable bonds is 7. The van der Waals surface area contributed by atoms with Crippen LogP contribution in [0.25, 0.3) is 0 Å². The molecule has 1 aliphatic heterocycles. The first kappa shape index (κ1) is 22.1. The molecule has 1 amide bonds. The van der Waals surface area contributed by atoms with Crippen molar-refractivity contribution in [1.29, 1.82) is 0 Å². The number of carbonyl (C=O) groups excluding carboxylic acids is 1.